The van der Waals surface area contributed by atoms with Crippen LogP contribution < -0.4 is 5.32 Å². The summed E-state index contributed by atoms with van der Waals surface area (Å²) in [5, 5.41) is 5.64. The second-order valence-electron chi connectivity index (χ2n) is 4.72. The number of hydrogen-bond donors (Lipinski definition) is 1. The van der Waals surface area contributed by atoms with E-state index in [2.05, 4.69) is 15.3 Å². The Kier molecular flexibility index (Phi) is 4.18. The van der Waals surface area contributed by atoms with Crippen molar-refractivity contribution >= 4 is 34.0 Å². The van der Waals surface area contributed by atoms with Crippen molar-refractivity contribution in [1.82, 2.24) is 9.97 Å². The maximum Gasteiger partial charge on any atom is 0.276 e. The molecule has 2 aromatic heterocycles. The second kappa shape index (κ2) is 6.25. The van der Waals surface area contributed by atoms with E-state index in [-0.39, 0.29) is 11.6 Å². The summed E-state index contributed by atoms with van der Waals surface area (Å²) >= 11 is 7.23. The van der Waals surface area contributed by atoms with E-state index in [0.717, 1.165) is 11.3 Å². The fourth-order valence-electron chi connectivity index (χ4n) is 1.88. The summed E-state index contributed by atoms with van der Waals surface area (Å²) in [6, 6.07) is 11.2. The SMILES string of the molecule is Cc1ccc(-c2csc(NC(=O)c3cc(Cl)ccn3)n2)cc1. The topological polar surface area (TPSA) is 54.9 Å². The summed E-state index contributed by atoms with van der Waals surface area (Å²) in [6.07, 6.45) is 1.50. The molecular formula is C16H12ClN3OS. The van der Waals surface area contributed by atoms with Gasteiger partial charge in [0.1, 0.15) is 5.69 Å². The van der Waals surface area contributed by atoms with E-state index < -0.39 is 0 Å². The van der Waals surface area contributed by atoms with Crippen LogP contribution in [0.2, 0.25) is 5.02 Å². The second-order valence-corrected chi connectivity index (χ2v) is 6.01. The Bertz CT molecular complexity index is 814. The van der Waals surface area contributed by atoms with Crippen LogP contribution in [0, 0.1) is 6.92 Å². The number of nitrogens with one attached hydrogen (secondary N) is 1. The van der Waals surface area contributed by atoms with Crippen molar-refractivity contribution < 1.29 is 4.79 Å². The highest BCUT2D eigenvalue weighted by molar-refractivity contribution is 7.14. The van der Waals surface area contributed by atoms with Gasteiger partial charge in [0.25, 0.3) is 5.91 Å². The van der Waals surface area contributed by atoms with Gasteiger partial charge in [-0.25, -0.2) is 4.98 Å². The first kappa shape index (κ1) is 14.7. The minimum absolute atomic E-state index is 0.264. The smallest absolute Gasteiger partial charge is 0.276 e. The van der Waals surface area contributed by atoms with Crippen LogP contribution in [0.15, 0.2) is 48.0 Å². The third kappa shape index (κ3) is 3.32. The molecular weight excluding hydrogens is 318 g/mol. The zero-order chi connectivity index (χ0) is 15.5. The maximum absolute atomic E-state index is 12.1. The summed E-state index contributed by atoms with van der Waals surface area (Å²) < 4.78 is 0. The van der Waals surface area contributed by atoms with E-state index >= 15 is 0 Å². The molecule has 0 radical (unpaired) electrons. The Morgan fingerprint density at radius 1 is 1.23 bits per heavy atom. The van der Waals surface area contributed by atoms with Crippen molar-refractivity contribution in [3.8, 4) is 11.3 Å². The van der Waals surface area contributed by atoms with Gasteiger partial charge in [-0.3, -0.25) is 15.1 Å². The molecule has 2 heterocycles. The van der Waals surface area contributed by atoms with Gasteiger partial charge in [-0.2, -0.15) is 0 Å². The molecule has 3 aromatic rings. The highest BCUT2D eigenvalue weighted by Crippen LogP contribution is 2.25. The molecule has 0 saturated carbocycles. The molecule has 110 valence electrons. The zero-order valence-electron chi connectivity index (χ0n) is 11.7. The largest absolute Gasteiger partial charge is 0.296 e. The minimum Gasteiger partial charge on any atom is -0.296 e. The van der Waals surface area contributed by atoms with Crippen molar-refractivity contribution in [3.63, 3.8) is 0 Å². The van der Waals surface area contributed by atoms with Gasteiger partial charge in [0.15, 0.2) is 5.13 Å². The van der Waals surface area contributed by atoms with Gasteiger partial charge >= 0.3 is 0 Å². The minimum atomic E-state index is -0.327. The number of hydrogen-bond acceptors (Lipinski definition) is 4. The van der Waals surface area contributed by atoms with Crippen LogP contribution >= 0.6 is 22.9 Å². The molecule has 0 atom stereocenters. The lowest BCUT2D eigenvalue weighted by atomic mass is 10.1. The van der Waals surface area contributed by atoms with Crippen LogP contribution in [0.5, 0.6) is 0 Å². The van der Waals surface area contributed by atoms with E-state index in [0.29, 0.717) is 10.2 Å². The van der Waals surface area contributed by atoms with Gasteiger partial charge in [0, 0.05) is 22.2 Å². The Morgan fingerprint density at radius 2 is 2.00 bits per heavy atom. The van der Waals surface area contributed by atoms with Crippen molar-refractivity contribution in [2.24, 2.45) is 0 Å². The highest BCUT2D eigenvalue weighted by atomic mass is 35.5. The summed E-state index contributed by atoms with van der Waals surface area (Å²) in [6.45, 7) is 2.04. The monoisotopic (exact) mass is 329 g/mol. The number of amides is 1. The first-order valence-electron chi connectivity index (χ1n) is 6.57. The lowest BCUT2D eigenvalue weighted by Gasteiger charge is -2.01. The Balaban J connectivity index is 1.77. The standard InChI is InChI=1S/C16H12ClN3OS/c1-10-2-4-11(5-3-10)14-9-22-16(19-14)20-15(21)13-8-12(17)6-7-18-13/h2-9H,1H3,(H,19,20,21). The molecule has 1 aromatic carbocycles. The third-order valence-electron chi connectivity index (χ3n) is 3.03. The fourth-order valence-corrected chi connectivity index (χ4v) is 2.75. The van der Waals surface area contributed by atoms with Crippen LogP contribution in [0.1, 0.15) is 16.1 Å². The summed E-state index contributed by atoms with van der Waals surface area (Å²) in [7, 11) is 0. The van der Waals surface area contributed by atoms with Gasteiger partial charge in [-0.05, 0) is 19.1 Å². The van der Waals surface area contributed by atoms with E-state index in [9.17, 15) is 4.79 Å². The van der Waals surface area contributed by atoms with Gasteiger partial charge in [0.2, 0.25) is 0 Å². The lowest BCUT2D eigenvalue weighted by Crippen LogP contribution is -2.13. The molecule has 0 saturated heterocycles. The number of rotatable bonds is 3. The van der Waals surface area contributed by atoms with Gasteiger partial charge < -0.3 is 0 Å². The molecule has 0 spiro atoms. The first-order valence-corrected chi connectivity index (χ1v) is 7.83. The van der Waals surface area contributed by atoms with E-state index in [4.69, 9.17) is 11.6 Å². The average Bonchev–Trinajstić information content (AvgIpc) is 2.96. The van der Waals surface area contributed by atoms with Crippen LogP contribution in [0.4, 0.5) is 5.13 Å². The molecule has 4 nitrogen and oxygen atoms in total. The van der Waals surface area contributed by atoms with Crippen molar-refractivity contribution in [1.29, 1.82) is 0 Å². The van der Waals surface area contributed by atoms with Crippen LogP contribution in [-0.2, 0) is 0 Å². The summed E-state index contributed by atoms with van der Waals surface area (Å²) in [5.74, 6) is -0.327. The molecule has 1 N–H and O–H groups in total. The summed E-state index contributed by atoms with van der Waals surface area (Å²) in [4.78, 5) is 20.5. The average molecular weight is 330 g/mol. The maximum atomic E-state index is 12.1. The number of anilines is 1. The van der Waals surface area contributed by atoms with Gasteiger partial charge in [0.05, 0.1) is 5.69 Å². The number of thiazole rings is 1. The number of halogens is 1. The molecule has 0 unspecified atom stereocenters. The van der Waals surface area contributed by atoms with E-state index in [1.165, 1.54) is 29.2 Å². The zero-order valence-corrected chi connectivity index (χ0v) is 13.3. The molecule has 22 heavy (non-hydrogen) atoms. The molecule has 0 aliphatic rings. The predicted octanol–water partition coefficient (Wildman–Crippen LogP) is 4.42. The van der Waals surface area contributed by atoms with Crippen molar-refractivity contribution in [2.45, 2.75) is 6.92 Å². The van der Waals surface area contributed by atoms with Crippen LogP contribution in [0.25, 0.3) is 11.3 Å². The van der Waals surface area contributed by atoms with Crippen LogP contribution in [-0.4, -0.2) is 15.9 Å². The Labute approximate surface area is 136 Å². The van der Waals surface area contributed by atoms with Gasteiger partial charge in [-0.15, -0.1) is 11.3 Å². The van der Waals surface area contributed by atoms with Crippen molar-refractivity contribution in [2.75, 3.05) is 5.32 Å². The Hall–Kier alpha value is -2.24. The number of nitrogens with zero attached hydrogens (tertiary/aromatic N) is 2. The molecule has 0 aliphatic carbocycles. The third-order valence-corrected chi connectivity index (χ3v) is 4.02. The lowest BCUT2D eigenvalue weighted by molar-refractivity contribution is 0.102. The molecule has 0 bridgehead atoms. The Morgan fingerprint density at radius 3 is 2.73 bits per heavy atom. The normalized spacial score (nSPS) is 10.5. The quantitative estimate of drug-likeness (QED) is 0.774. The van der Waals surface area contributed by atoms with Crippen molar-refractivity contribution in [3.05, 3.63) is 64.3 Å². The molecule has 3 rings (SSSR count). The summed E-state index contributed by atoms with van der Waals surface area (Å²) in [5.41, 5.74) is 3.31. The fraction of sp³-hybridized carbons (Fsp3) is 0.0625. The number of carbonyl (C=O) groups excluding carboxylic acids is 1. The highest BCUT2D eigenvalue weighted by Gasteiger charge is 2.11. The molecule has 0 aliphatic heterocycles. The number of aromatic nitrogens is 2. The molecule has 1 amide bonds. The number of benzene rings is 1. The number of aryl methyl sites for hydroxylation is 1. The molecule has 0 fully saturated rings. The van der Waals surface area contributed by atoms with E-state index in [1.54, 1.807) is 6.07 Å². The number of pyridine rings is 1. The van der Waals surface area contributed by atoms with Gasteiger partial charge in [-0.1, -0.05) is 41.4 Å². The number of carbonyl (C=O) groups is 1. The predicted molar refractivity (Wildman–Crippen MR) is 89.5 cm³/mol. The molecule has 6 heteroatoms. The van der Waals surface area contributed by atoms with E-state index in [1.807, 2.05) is 36.6 Å². The first-order chi connectivity index (χ1) is 10.6. The van der Waals surface area contributed by atoms with Crippen LogP contribution in [0.3, 0.4) is 0 Å².